The van der Waals surface area contributed by atoms with Gasteiger partial charge in [-0.2, -0.15) is 0 Å². The van der Waals surface area contributed by atoms with Gasteiger partial charge in [0.15, 0.2) is 11.6 Å². The summed E-state index contributed by atoms with van der Waals surface area (Å²) < 4.78 is 16.8. The van der Waals surface area contributed by atoms with Gasteiger partial charge in [0, 0.05) is 6.42 Å². The van der Waals surface area contributed by atoms with E-state index >= 15 is 0 Å². The van der Waals surface area contributed by atoms with Gasteiger partial charge in [0.2, 0.25) is 0 Å². The third kappa shape index (κ3) is 4.42. The van der Waals surface area contributed by atoms with Crippen LogP contribution in [0.15, 0.2) is 84.9 Å². The molecule has 1 amide bonds. The summed E-state index contributed by atoms with van der Waals surface area (Å²) in [7, 11) is 1.59. The molecule has 1 unspecified atom stereocenters. The Bertz CT molecular complexity index is 1080. The van der Waals surface area contributed by atoms with Gasteiger partial charge in [0.25, 0.3) is 0 Å². The van der Waals surface area contributed by atoms with Crippen molar-refractivity contribution in [3.8, 4) is 5.75 Å². The molecule has 1 fully saturated rings. The third-order valence-corrected chi connectivity index (χ3v) is 5.90. The Morgan fingerprint density at radius 2 is 1.55 bits per heavy atom. The molecule has 4 rings (SSSR count). The molecule has 1 heterocycles. The number of cyclic esters (lactones) is 1. The van der Waals surface area contributed by atoms with Gasteiger partial charge in [-0.05, 0) is 35.7 Å². The van der Waals surface area contributed by atoms with Gasteiger partial charge < -0.3 is 14.2 Å². The van der Waals surface area contributed by atoms with E-state index in [1.807, 2.05) is 72.8 Å². The summed E-state index contributed by atoms with van der Waals surface area (Å²) in [5.41, 5.74) is 1.12. The second-order valence-electron chi connectivity index (χ2n) is 7.92. The maximum absolute atomic E-state index is 13.7. The first-order valence-corrected chi connectivity index (χ1v) is 11.0. The number of nitrogens with zero attached hydrogens (tertiary/aromatic N) is 1. The molecule has 1 aliphatic rings. The van der Waals surface area contributed by atoms with Crippen LogP contribution < -0.4 is 4.74 Å². The molecule has 0 N–H and O–H groups in total. The average molecular weight is 446 g/mol. The van der Waals surface area contributed by atoms with Crippen LogP contribution in [0.2, 0.25) is 0 Å². The number of hydrogen-bond acceptors (Lipinski definition) is 5. The second kappa shape index (κ2) is 9.77. The van der Waals surface area contributed by atoms with Crippen LogP contribution in [0.1, 0.15) is 29.7 Å². The quantitative estimate of drug-likeness (QED) is 0.460. The number of carbonyl (C=O) groups excluding carboxylic acids is 2. The molecule has 0 radical (unpaired) electrons. The molecule has 0 spiro atoms. The summed E-state index contributed by atoms with van der Waals surface area (Å²) >= 11 is 0. The molecule has 2 atom stereocenters. The molecule has 6 heteroatoms. The molecular formula is C27H27NO5. The lowest BCUT2D eigenvalue weighted by molar-refractivity contribution is -0.158. The van der Waals surface area contributed by atoms with E-state index < -0.39 is 23.7 Å². The van der Waals surface area contributed by atoms with Crippen LogP contribution in [-0.2, 0) is 27.2 Å². The Labute approximate surface area is 193 Å². The largest absolute Gasteiger partial charge is 0.497 e. The third-order valence-electron chi connectivity index (χ3n) is 5.90. The Kier molecular flexibility index (Phi) is 6.63. The molecule has 6 nitrogen and oxygen atoms in total. The van der Waals surface area contributed by atoms with Crippen LogP contribution in [0.3, 0.4) is 0 Å². The molecule has 3 aromatic rings. The number of methoxy groups -OCH3 is 1. The first-order valence-electron chi connectivity index (χ1n) is 11.0. The number of benzene rings is 3. The summed E-state index contributed by atoms with van der Waals surface area (Å²) in [6.07, 6.45) is -1.15. The first kappa shape index (κ1) is 22.4. The fourth-order valence-electron chi connectivity index (χ4n) is 4.30. The molecule has 1 aliphatic heterocycles. The van der Waals surface area contributed by atoms with E-state index in [1.165, 1.54) is 4.90 Å². The zero-order valence-corrected chi connectivity index (χ0v) is 18.8. The van der Waals surface area contributed by atoms with Crippen molar-refractivity contribution in [2.75, 3.05) is 13.7 Å². The SMILES string of the molecule is CCOC(=O)[C@@]1(Cc2ccccc2)C(c2ccc(OC)cc2)OC(=O)N1Cc1ccccc1. The number of amides is 1. The van der Waals surface area contributed by atoms with Crippen LogP contribution in [0.4, 0.5) is 4.79 Å². The highest BCUT2D eigenvalue weighted by Gasteiger charge is 2.61. The summed E-state index contributed by atoms with van der Waals surface area (Å²) in [5.74, 6) is 0.186. The molecule has 0 bridgehead atoms. The van der Waals surface area contributed by atoms with Crippen LogP contribution in [0.25, 0.3) is 0 Å². The van der Waals surface area contributed by atoms with E-state index in [0.717, 1.165) is 11.1 Å². The number of hydrogen-bond donors (Lipinski definition) is 0. The van der Waals surface area contributed by atoms with Crippen LogP contribution in [0.5, 0.6) is 5.75 Å². The predicted octanol–water partition coefficient (Wildman–Crippen LogP) is 4.93. The highest BCUT2D eigenvalue weighted by atomic mass is 16.6. The molecule has 3 aromatic carbocycles. The van der Waals surface area contributed by atoms with Crippen molar-refractivity contribution >= 4 is 12.1 Å². The second-order valence-corrected chi connectivity index (χ2v) is 7.92. The summed E-state index contributed by atoms with van der Waals surface area (Å²) in [6, 6.07) is 26.4. The number of ether oxygens (including phenoxy) is 3. The highest BCUT2D eigenvalue weighted by Crippen LogP contribution is 2.45. The Morgan fingerprint density at radius 3 is 2.12 bits per heavy atom. The van der Waals surface area contributed by atoms with Crippen molar-refractivity contribution in [2.45, 2.75) is 31.5 Å². The Morgan fingerprint density at radius 1 is 0.939 bits per heavy atom. The topological polar surface area (TPSA) is 65.1 Å². The molecule has 0 aliphatic carbocycles. The summed E-state index contributed by atoms with van der Waals surface area (Å²) in [6.45, 7) is 2.17. The summed E-state index contributed by atoms with van der Waals surface area (Å²) in [5, 5.41) is 0. The van der Waals surface area contributed by atoms with Crippen LogP contribution >= 0.6 is 0 Å². The fourth-order valence-corrected chi connectivity index (χ4v) is 4.30. The van der Waals surface area contributed by atoms with Gasteiger partial charge in [-0.1, -0.05) is 72.8 Å². The van der Waals surface area contributed by atoms with Gasteiger partial charge in [-0.3, -0.25) is 4.90 Å². The van der Waals surface area contributed by atoms with Crippen LogP contribution in [0, 0.1) is 0 Å². The summed E-state index contributed by atoms with van der Waals surface area (Å²) in [4.78, 5) is 28.5. The van der Waals surface area contributed by atoms with Crippen molar-refractivity contribution in [1.82, 2.24) is 4.90 Å². The first-order chi connectivity index (χ1) is 16.1. The molecule has 170 valence electrons. The zero-order valence-electron chi connectivity index (χ0n) is 18.8. The Hall–Kier alpha value is -3.80. The van der Waals surface area contributed by atoms with Crippen LogP contribution in [-0.4, -0.2) is 36.2 Å². The van der Waals surface area contributed by atoms with E-state index in [1.54, 1.807) is 26.2 Å². The number of carbonyl (C=O) groups is 2. The maximum Gasteiger partial charge on any atom is 0.411 e. The van der Waals surface area contributed by atoms with Crippen molar-refractivity contribution in [1.29, 1.82) is 0 Å². The minimum atomic E-state index is -1.38. The number of rotatable bonds is 8. The van der Waals surface area contributed by atoms with Crippen molar-refractivity contribution < 1.29 is 23.8 Å². The van der Waals surface area contributed by atoms with Gasteiger partial charge in [0.05, 0.1) is 20.3 Å². The van der Waals surface area contributed by atoms with Gasteiger partial charge in [0.1, 0.15) is 5.75 Å². The van der Waals surface area contributed by atoms with E-state index in [2.05, 4.69) is 0 Å². The maximum atomic E-state index is 13.7. The highest BCUT2D eigenvalue weighted by molar-refractivity contribution is 5.90. The average Bonchev–Trinajstić information content (AvgIpc) is 3.12. The molecule has 33 heavy (non-hydrogen) atoms. The molecule has 0 aromatic heterocycles. The lowest BCUT2D eigenvalue weighted by Crippen LogP contribution is -2.56. The molecular weight excluding hydrogens is 418 g/mol. The van der Waals surface area contributed by atoms with Crippen molar-refractivity contribution in [3.63, 3.8) is 0 Å². The van der Waals surface area contributed by atoms with Crippen molar-refractivity contribution in [2.24, 2.45) is 0 Å². The van der Waals surface area contributed by atoms with E-state index in [4.69, 9.17) is 14.2 Å². The fraction of sp³-hybridized carbons (Fsp3) is 0.259. The van der Waals surface area contributed by atoms with Gasteiger partial charge >= 0.3 is 12.1 Å². The van der Waals surface area contributed by atoms with E-state index in [9.17, 15) is 9.59 Å². The standard InChI is InChI=1S/C27H27NO5/c1-3-32-25(29)27(18-20-10-6-4-7-11-20)24(22-14-16-23(31-2)17-15-22)33-26(30)28(27)19-21-12-8-5-9-13-21/h4-17,24H,3,18-19H2,1-2H3/t24?,27-/m1/s1. The number of esters is 1. The van der Waals surface area contributed by atoms with Gasteiger partial charge in [-0.25, -0.2) is 9.59 Å². The zero-order chi connectivity index (χ0) is 23.3. The predicted molar refractivity (Wildman–Crippen MR) is 124 cm³/mol. The molecule has 0 saturated carbocycles. The van der Waals surface area contributed by atoms with Gasteiger partial charge in [-0.15, -0.1) is 0 Å². The lowest BCUT2D eigenvalue weighted by Gasteiger charge is -2.37. The van der Waals surface area contributed by atoms with E-state index in [-0.39, 0.29) is 19.6 Å². The Balaban J connectivity index is 1.85. The smallest absolute Gasteiger partial charge is 0.411 e. The monoisotopic (exact) mass is 445 g/mol. The minimum Gasteiger partial charge on any atom is -0.497 e. The molecule has 1 saturated heterocycles. The van der Waals surface area contributed by atoms with Crippen molar-refractivity contribution in [3.05, 3.63) is 102 Å². The minimum absolute atomic E-state index is 0.193. The lowest BCUT2D eigenvalue weighted by atomic mass is 9.81. The van der Waals surface area contributed by atoms with E-state index in [0.29, 0.717) is 11.3 Å². The normalized spacial score (nSPS) is 19.8.